The minimum Gasteiger partial charge on any atom is -0.354 e. The fourth-order valence-electron chi connectivity index (χ4n) is 0.470. The maximum atomic E-state index is 10.8. The summed E-state index contributed by atoms with van der Waals surface area (Å²) in [5.41, 5.74) is 0. The number of carbonyl (C=O) groups excluding carboxylic acids is 1. The highest BCUT2D eigenvalue weighted by Crippen LogP contribution is 1.89. The summed E-state index contributed by atoms with van der Waals surface area (Å²) < 4.78 is 0. The van der Waals surface area contributed by atoms with Gasteiger partial charge >= 0.3 is 0 Å². The lowest BCUT2D eigenvalue weighted by molar-refractivity contribution is -0.122. The number of hydrogen-bond donors (Lipinski definition) is 1. The molecule has 0 bridgehead atoms. The quantitative estimate of drug-likeness (QED) is 0.464. The van der Waals surface area contributed by atoms with Gasteiger partial charge in [0.15, 0.2) is 0 Å². The molecule has 0 saturated carbocycles. The van der Waals surface area contributed by atoms with Crippen molar-refractivity contribution in [2.75, 3.05) is 6.54 Å². The van der Waals surface area contributed by atoms with Crippen molar-refractivity contribution in [3.63, 3.8) is 0 Å². The Bertz CT molecular complexity index is 209. The summed E-state index contributed by atoms with van der Waals surface area (Å²) in [7, 11) is 0. The van der Waals surface area contributed by atoms with Crippen LogP contribution >= 0.6 is 0 Å². The van der Waals surface area contributed by atoms with Gasteiger partial charge in [-0.05, 0) is 6.92 Å². The molecule has 58 valence electrons. The first-order valence-electron chi connectivity index (χ1n) is 3.33. The number of nitrogens with zero attached hydrogens (tertiary/aromatic N) is 1. The Morgan fingerprint density at radius 1 is 1.82 bits per heavy atom. The van der Waals surface area contributed by atoms with Crippen molar-refractivity contribution in [3.05, 3.63) is 0 Å². The normalized spacial score (nSPS) is 10.8. The van der Waals surface area contributed by atoms with Gasteiger partial charge in [-0.15, -0.1) is 12.3 Å². The van der Waals surface area contributed by atoms with Gasteiger partial charge in [-0.25, -0.2) is 0 Å². The molecule has 1 unspecified atom stereocenters. The largest absolute Gasteiger partial charge is 0.354 e. The molecule has 0 radical (unpaired) electrons. The van der Waals surface area contributed by atoms with Crippen LogP contribution in [0, 0.1) is 29.6 Å². The highest BCUT2D eigenvalue weighted by atomic mass is 16.1. The second-order valence-electron chi connectivity index (χ2n) is 2.10. The van der Waals surface area contributed by atoms with Crippen molar-refractivity contribution in [3.8, 4) is 18.4 Å². The van der Waals surface area contributed by atoms with Crippen LogP contribution in [-0.2, 0) is 4.79 Å². The lowest BCUT2D eigenvalue weighted by Crippen LogP contribution is -2.28. The summed E-state index contributed by atoms with van der Waals surface area (Å²) in [6, 6.07) is 1.83. The SMILES string of the molecule is C#CCCNC(=O)C(C)C#N. The smallest absolute Gasteiger partial charge is 0.237 e. The second-order valence-corrected chi connectivity index (χ2v) is 2.10. The highest BCUT2D eigenvalue weighted by Gasteiger charge is 2.09. The van der Waals surface area contributed by atoms with Crippen molar-refractivity contribution in [2.24, 2.45) is 5.92 Å². The molecule has 3 nitrogen and oxygen atoms in total. The second kappa shape index (κ2) is 5.32. The van der Waals surface area contributed by atoms with Gasteiger partial charge in [-0.3, -0.25) is 4.79 Å². The van der Waals surface area contributed by atoms with Gasteiger partial charge < -0.3 is 5.32 Å². The molecule has 0 aliphatic heterocycles. The first-order chi connectivity index (χ1) is 5.22. The van der Waals surface area contributed by atoms with E-state index < -0.39 is 5.92 Å². The number of nitrogens with one attached hydrogen (secondary N) is 1. The minimum absolute atomic E-state index is 0.261. The molecular formula is C8H10N2O. The van der Waals surface area contributed by atoms with Crippen molar-refractivity contribution in [1.82, 2.24) is 5.32 Å². The van der Waals surface area contributed by atoms with E-state index in [-0.39, 0.29) is 5.91 Å². The van der Waals surface area contributed by atoms with Crippen LogP contribution in [0.3, 0.4) is 0 Å². The Morgan fingerprint density at radius 3 is 2.91 bits per heavy atom. The van der Waals surface area contributed by atoms with Crippen LogP contribution in [0.25, 0.3) is 0 Å². The molecule has 0 aromatic carbocycles. The van der Waals surface area contributed by atoms with E-state index >= 15 is 0 Å². The van der Waals surface area contributed by atoms with E-state index in [0.717, 1.165) is 0 Å². The van der Waals surface area contributed by atoms with Crippen molar-refractivity contribution >= 4 is 5.91 Å². The molecule has 1 atom stereocenters. The Balaban J connectivity index is 3.56. The van der Waals surface area contributed by atoms with Crippen molar-refractivity contribution in [1.29, 1.82) is 5.26 Å². The van der Waals surface area contributed by atoms with Crippen LogP contribution in [0.15, 0.2) is 0 Å². The van der Waals surface area contributed by atoms with Crippen LogP contribution in [0.4, 0.5) is 0 Å². The number of hydrogen-bond acceptors (Lipinski definition) is 2. The van der Waals surface area contributed by atoms with Crippen LogP contribution < -0.4 is 5.32 Å². The van der Waals surface area contributed by atoms with Gasteiger partial charge in [0, 0.05) is 13.0 Å². The first-order valence-corrected chi connectivity index (χ1v) is 3.33. The van der Waals surface area contributed by atoms with Crippen molar-refractivity contribution in [2.45, 2.75) is 13.3 Å². The average molecular weight is 150 g/mol. The number of terminal acetylenes is 1. The van der Waals surface area contributed by atoms with Gasteiger partial charge in [0.05, 0.1) is 6.07 Å². The zero-order valence-corrected chi connectivity index (χ0v) is 6.42. The fraction of sp³-hybridized carbons (Fsp3) is 0.500. The van der Waals surface area contributed by atoms with Gasteiger partial charge in [-0.1, -0.05) is 0 Å². The average Bonchev–Trinajstić information content (AvgIpc) is 2.03. The molecule has 0 aliphatic carbocycles. The Labute approximate surface area is 66.4 Å². The molecule has 0 aromatic heterocycles. The van der Waals surface area contributed by atoms with E-state index in [4.69, 9.17) is 11.7 Å². The minimum atomic E-state index is -0.590. The lowest BCUT2D eigenvalue weighted by Gasteiger charge is -2.02. The maximum Gasteiger partial charge on any atom is 0.237 e. The topological polar surface area (TPSA) is 52.9 Å². The van der Waals surface area contributed by atoms with E-state index in [1.807, 2.05) is 6.07 Å². The molecule has 1 amide bonds. The summed E-state index contributed by atoms with van der Waals surface area (Å²) >= 11 is 0. The number of rotatable bonds is 3. The number of nitriles is 1. The Hall–Kier alpha value is -1.48. The van der Waals surface area contributed by atoms with E-state index in [9.17, 15) is 4.79 Å². The Kier molecular flexibility index (Phi) is 4.60. The zero-order valence-electron chi connectivity index (χ0n) is 6.42. The standard InChI is InChI=1S/C8H10N2O/c1-3-4-5-10-8(11)7(2)6-9/h1,7H,4-5H2,2H3,(H,10,11). The van der Waals surface area contributed by atoms with Gasteiger partial charge in [0.25, 0.3) is 0 Å². The predicted molar refractivity (Wildman–Crippen MR) is 41.2 cm³/mol. The predicted octanol–water partition coefficient (Wildman–Crippen LogP) is 0.286. The van der Waals surface area contributed by atoms with Gasteiger partial charge in [0.2, 0.25) is 5.91 Å². The van der Waals surface area contributed by atoms with E-state index in [1.54, 1.807) is 6.92 Å². The monoisotopic (exact) mass is 150 g/mol. The maximum absolute atomic E-state index is 10.8. The molecule has 1 N–H and O–H groups in total. The Morgan fingerprint density at radius 2 is 2.45 bits per heavy atom. The van der Waals surface area contributed by atoms with Gasteiger partial charge in [-0.2, -0.15) is 5.26 Å². The summed E-state index contributed by atoms with van der Waals surface area (Å²) in [6.45, 7) is 1.99. The molecule has 0 aliphatic rings. The number of amides is 1. The summed E-state index contributed by atoms with van der Waals surface area (Å²) in [4.78, 5) is 10.8. The molecule has 0 heterocycles. The van der Waals surface area contributed by atoms with Crippen molar-refractivity contribution < 1.29 is 4.79 Å². The van der Waals surface area contributed by atoms with Gasteiger partial charge in [0.1, 0.15) is 5.92 Å². The highest BCUT2D eigenvalue weighted by molar-refractivity contribution is 5.80. The molecule has 0 aromatic rings. The zero-order chi connectivity index (χ0) is 8.69. The van der Waals surface area contributed by atoms with E-state index in [0.29, 0.717) is 13.0 Å². The van der Waals surface area contributed by atoms with Crippen LogP contribution in [0.5, 0.6) is 0 Å². The van der Waals surface area contributed by atoms with E-state index in [2.05, 4.69) is 11.2 Å². The number of carbonyl (C=O) groups is 1. The third kappa shape index (κ3) is 4.00. The fourth-order valence-corrected chi connectivity index (χ4v) is 0.470. The van der Waals surface area contributed by atoms with E-state index in [1.165, 1.54) is 0 Å². The first kappa shape index (κ1) is 9.52. The molecule has 0 fully saturated rings. The molecule has 11 heavy (non-hydrogen) atoms. The molecular weight excluding hydrogens is 140 g/mol. The summed E-state index contributed by atoms with van der Waals surface area (Å²) in [6.07, 6.45) is 5.46. The third-order valence-corrected chi connectivity index (χ3v) is 1.16. The van der Waals surface area contributed by atoms with Crippen LogP contribution in [-0.4, -0.2) is 12.5 Å². The van der Waals surface area contributed by atoms with Crippen LogP contribution in [0.2, 0.25) is 0 Å². The molecule has 0 spiro atoms. The van der Waals surface area contributed by atoms with Crippen LogP contribution in [0.1, 0.15) is 13.3 Å². The third-order valence-electron chi connectivity index (χ3n) is 1.16. The summed E-state index contributed by atoms with van der Waals surface area (Å²) in [5, 5.41) is 10.8. The molecule has 0 saturated heterocycles. The lowest BCUT2D eigenvalue weighted by atomic mass is 10.2. The molecule has 3 heteroatoms. The molecule has 0 rings (SSSR count). The summed E-state index contributed by atoms with van der Waals surface area (Å²) in [5.74, 6) is 1.53.